The van der Waals surface area contributed by atoms with Gasteiger partial charge in [-0.2, -0.15) is 4.98 Å². The number of aryl methyl sites for hydroxylation is 1. The number of nitrogen functional groups attached to an aromatic ring is 2. The van der Waals surface area contributed by atoms with Gasteiger partial charge in [0.05, 0.1) is 11.4 Å². The zero-order chi connectivity index (χ0) is 20.1. The van der Waals surface area contributed by atoms with Gasteiger partial charge in [-0.25, -0.2) is 4.98 Å². The SMILES string of the molecule is C/C(=N\OCCN)c1ccc(N2CCN(c3c(C)nc(N)nc3N)CC2)cc1. The average Bonchev–Trinajstić information content (AvgIpc) is 2.68. The number of hydrogen-bond donors (Lipinski definition) is 3. The summed E-state index contributed by atoms with van der Waals surface area (Å²) in [7, 11) is 0. The number of benzene rings is 1. The summed E-state index contributed by atoms with van der Waals surface area (Å²) in [5.41, 5.74) is 21.9. The van der Waals surface area contributed by atoms with Gasteiger partial charge in [-0.15, -0.1) is 0 Å². The minimum Gasteiger partial charge on any atom is -0.394 e. The second kappa shape index (κ2) is 8.75. The highest BCUT2D eigenvalue weighted by molar-refractivity contribution is 5.98. The second-order valence-corrected chi connectivity index (χ2v) is 6.72. The van der Waals surface area contributed by atoms with Crippen molar-refractivity contribution in [2.24, 2.45) is 10.9 Å². The van der Waals surface area contributed by atoms with Gasteiger partial charge in [-0.3, -0.25) is 0 Å². The van der Waals surface area contributed by atoms with Crippen LogP contribution in [0.5, 0.6) is 0 Å². The van der Waals surface area contributed by atoms with E-state index in [9.17, 15) is 0 Å². The van der Waals surface area contributed by atoms with E-state index >= 15 is 0 Å². The van der Waals surface area contributed by atoms with Crippen molar-refractivity contribution in [3.63, 3.8) is 0 Å². The number of rotatable bonds is 6. The summed E-state index contributed by atoms with van der Waals surface area (Å²) in [4.78, 5) is 18.1. The Hall–Kier alpha value is -3.07. The van der Waals surface area contributed by atoms with E-state index < -0.39 is 0 Å². The molecule has 1 saturated heterocycles. The Labute approximate surface area is 165 Å². The molecule has 0 aliphatic carbocycles. The number of aromatic nitrogens is 2. The Bertz CT molecular complexity index is 805. The van der Waals surface area contributed by atoms with Crippen LogP contribution < -0.4 is 27.0 Å². The van der Waals surface area contributed by atoms with Crippen molar-refractivity contribution in [2.45, 2.75) is 13.8 Å². The molecule has 150 valence electrons. The summed E-state index contributed by atoms with van der Waals surface area (Å²) < 4.78 is 0. The molecule has 9 heteroatoms. The smallest absolute Gasteiger partial charge is 0.222 e. The van der Waals surface area contributed by atoms with E-state index in [2.05, 4.69) is 49.2 Å². The van der Waals surface area contributed by atoms with E-state index in [1.807, 2.05) is 13.8 Å². The summed E-state index contributed by atoms with van der Waals surface area (Å²) in [6, 6.07) is 8.34. The number of anilines is 4. The lowest BCUT2D eigenvalue weighted by molar-refractivity contribution is 0.152. The monoisotopic (exact) mass is 384 g/mol. The van der Waals surface area contributed by atoms with Gasteiger partial charge in [0, 0.05) is 38.4 Å². The summed E-state index contributed by atoms with van der Waals surface area (Å²) in [6.07, 6.45) is 0. The number of nitrogens with zero attached hydrogens (tertiary/aromatic N) is 5. The molecule has 1 fully saturated rings. The van der Waals surface area contributed by atoms with Crippen LogP contribution >= 0.6 is 0 Å². The van der Waals surface area contributed by atoms with Crippen molar-refractivity contribution in [2.75, 3.05) is 60.6 Å². The van der Waals surface area contributed by atoms with Gasteiger partial charge in [-0.05, 0) is 31.5 Å². The summed E-state index contributed by atoms with van der Waals surface area (Å²) in [5, 5.41) is 4.08. The second-order valence-electron chi connectivity index (χ2n) is 6.72. The summed E-state index contributed by atoms with van der Waals surface area (Å²) >= 11 is 0. The molecule has 3 rings (SSSR count). The molecular formula is C19H28N8O. The summed E-state index contributed by atoms with van der Waals surface area (Å²) in [6.45, 7) is 8.16. The van der Waals surface area contributed by atoms with Gasteiger partial charge in [-0.1, -0.05) is 17.3 Å². The number of oxime groups is 1. The van der Waals surface area contributed by atoms with Crippen LogP contribution in [-0.2, 0) is 4.84 Å². The maximum atomic E-state index is 6.07. The van der Waals surface area contributed by atoms with E-state index in [1.54, 1.807) is 0 Å². The Kier molecular flexibility index (Phi) is 6.15. The number of hydrogen-bond acceptors (Lipinski definition) is 9. The Morgan fingerprint density at radius 3 is 2.32 bits per heavy atom. The highest BCUT2D eigenvalue weighted by Gasteiger charge is 2.22. The van der Waals surface area contributed by atoms with Gasteiger partial charge in [0.1, 0.15) is 12.3 Å². The Morgan fingerprint density at radius 1 is 1.07 bits per heavy atom. The van der Waals surface area contributed by atoms with E-state index in [4.69, 9.17) is 22.0 Å². The minimum atomic E-state index is 0.213. The van der Waals surface area contributed by atoms with E-state index in [-0.39, 0.29) is 5.95 Å². The third-order valence-electron chi connectivity index (χ3n) is 4.76. The molecule has 0 atom stereocenters. The van der Waals surface area contributed by atoms with Crippen LogP contribution in [0, 0.1) is 6.92 Å². The van der Waals surface area contributed by atoms with Gasteiger partial charge < -0.3 is 31.8 Å². The normalized spacial score (nSPS) is 15.0. The molecule has 1 aromatic heterocycles. The standard InChI is InChI=1S/C19H28N8O/c1-13(25-28-12-7-20)15-3-5-16(6-4-15)26-8-10-27(11-9-26)17-14(2)23-19(22)24-18(17)21/h3-6H,7-12,20H2,1-2H3,(H4,21,22,23,24)/b25-13+. The van der Waals surface area contributed by atoms with Gasteiger partial charge in [0.25, 0.3) is 0 Å². The molecule has 0 unspecified atom stereocenters. The predicted octanol–water partition coefficient (Wildman–Crippen LogP) is 0.975. The van der Waals surface area contributed by atoms with Crippen LogP contribution in [0.1, 0.15) is 18.2 Å². The first kappa shape index (κ1) is 19.7. The molecule has 0 amide bonds. The topological polar surface area (TPSA) is 132 Å². The van der Waals surface area contributed by atoms with Crippen LogP contribution in [0.3, 0.4) is 0 Å². The molecule has 6 N–H and O–H groups in total. The number of piperazine rings is 1. The van der Waals surface area contributed by atoms with Crippen LogP contribution in [0.25, 0.3) is 0 Å². The minimum absolute atomic E-state index is 0.213. The molecular weight excluding hydrogens is 356 g/mol. The molecule has 1 aliphatic rings. The fraction of sp³-hybridized carbons (Fsp3) is 0.421. The van der Waals surface area contributed by atoms with E-state index in [0.29, 0.717) is 19.0 Å². The van der Waals surface area contributed by atoms with Crippen molar-refractivity contribution in [1.82, 2.24) is 9.97 Å². The number of nitrogens with two attached hydrogens (primary N) is 3. The lowest BCUT2D eigenvalue weighted by atomic mass is 10.1. The first-order chi connectivity index (χ1) is 13.5. The lowest BCUT2D eigenvalue weighted by Crippen LogP contribution is -2.47. The van der Waals surface area contributed by atoms with Gasteiger partial charge in [0.15, 0.2) is 5.82 Å². The Morgan fingerprint density at radius 2 is 1.71 bits per heavy atom. The quantitative estimate of drug-likeness (QED) is 0.381. The van der Waals surface area contributed by atoms with Crippen molar-refractivity contribution in [3.8, 4) is 0 Å². The summed E-state index contributed by atoms with van der Waals surface area (Å²) in [5.74, 6) is 0.652. The molecule has 2 aromatic rings. The van der Waals surface area contributed by atoms with Crippen molar-refractivity contribution in [3.05, 3.63) is 35.5 Å². The molecule has 1 aliphatic heterocycles. The maximum absolute atomic E-state index is 6.07. The fourth-order valence-electron chi connectivity index (χ4n) is 3.35. The first-order valence-electron chi connectivity index (χ1n) is 9.36. The van der Waals surface area contributed by atoms with E-state index in [0.717, 1.165) is 48.8 Å². The highest BCUT2D eigenvalue weighted by Crippen LogP contribution is 2.27. The molecule has 28 heavy (non-hydrogen) atoms. The zero-order valence-electron chi connectivity index (χ0n) is 16.4. The molecule has 0 bridgehead atoms. The fourth-order valence-corrected chi connectivity index (χ4v) is 3.35. The van der Waals surface area contributed by atoms with Crippen molar-refractivity contribution in [1.29, 1.82) is 0 Å². The van der Waals surface area contributed by atoms with Crippen LogP contribution in [-0.4, -0.2) is 55.0 Å². The Balaban J connectivity index is 1.63. The first-order valence-corrected chi connectivity index (χ1v) is 9.36. The van der Waals surface area contributed by atoms with Crippen LogP contribution in [0.15, 0.2) is 29.4 Å². The average molecular weight is 384 g/mol. The van der Waals surface area contributed by atoms with Crippen LogP contribution in [0.2, 0.25) is 0 Å². The largest absolute Gasteiger partial charge is 0.394 e. The third kappa shape index (κ3) is 4.42. The molecule has 0 saturated carbocycles. The predicted molar refractivity (Wildman–Crippen MR) is 114 cm³/mol. The van der Waals surface area contributed by atoms with Crippen LogP contribution in [0.4, 0.5) is 23.1 Å². The van der Waals surface area contributed by atoms with E-state index in [1.165, 1.54) is 5.69 Å². The molecule has 0 spiro atoms. The van der Waals surface area contributed by atoms with Gasteiger partial charge >= 0.3 is 0 Å². The molecule has 1 aromatic carbocycles. The maximum Gasteiger partial charge on any atom is 0.222 e. The molecule has 0 radical (unpaired) electrons. The lowest BCUT2D eigenvalue weighted by Gasteiger charge is -2.38. The third-order valence-corrected chi connectivity index (χ3v) is 4.76. The molecule has 2 heterocycles. The zero-order valence-corrected chi connectivity index (χ0v) is 16.4. The molecule has 9 nitrogen and oxygen atoms in total. The van der Waals surface area contributed by atoms with Crippen molar-refractivity contribution < 1.29 is 4.84 Å². The highest BCUT2D eigenvalue weighted by atomic mass is 16.6. The van der Waals surface area contributed by atoms with Gasteiger partial charge in [0.2, 0.25) is 5.95 Å². The van der Waals surface area contributed by atoms with Crippen molar-refractivity contribution >= 4 is 28.9 Å².